The molecule has 1 fully saturated rings. The zero-order chi connectivity index (χ0) is 14.6. The molecular weight excluding hydrogens is 272 g/mol. The van der Waals surface area contributed by atoms with Gasteiger partial charge in [0.15, 0.2) is 0 Å². The van der Waals surface area contributed by atoms with Crippen molar-refractivity contribution in [1.82, 2.24) is 10.2 Å². The van der Waals surface area contributed by atoms with Crippen molar-refractivity contribution in [3.05, 3.63) is 0 Å². The fourth-order valence-corrected chi connectivity index (χ4v) is 2.61. The van der Waals surface area contributed by atoms with Crippen LogP contribution in [0.4, 0.5) is 4.79 Å². The van der Waals surface area contributed by atoms with Gasteiger partial charge in [0.2, 0.25) is 5.91 Å². The lowest BCUT2D eigenvalue weighted by Gasteiger charge is -2.26. The van der Waals surface area contributed by atoms with E-state index >= 15 is 0 Å². The van der Waals surface area contributed by atoms with Gasteiger partial charge >= 0.3 is 12.0 Å². The molecule has 0 bridgehead atoms. The molecule has 2 N–H and O–H groups in total. The number of carbonyl (C=O) groups excluding carboxylic acids is 2. The molecular formula is C11H18N2O5S. The van der Waals surface area contributed by atoms with Gasteiger partial charge in [-0.2, -0.15) is 0 Å². The third kappa shape index (κ3) is 4.62. The average Bonchev–Trinajstić information content (AvgIpc) is 2.28. The van der Waals surface area contributed by atoms with E-state index in [0.29, 0.717) is 24.6 Å². The van der Waals surface area contributed by atoms with Crippen LogP contribution in [0.15, 0.2) is 0 Å². The van der Waals surface area contributed by atoms with Gasteiger partial charge in [-0.15, -0.1) is 0 Å². The molecule has 1 saturated heterocycles. The fourth-order valence-electron chi connectivity index (χ4n) is 1.56. The summed E-state index contributed by atoms with van der Waals surface area (Å²) < 4.78 is 11.1. The third-order valence-corrected chi connectivity index (χ3v) is 4.17. The molecule has 7 nitrogen and oxygen atoms in total. The highest BCUT2D eigenvalue weighted by atomic mass is 32.2. The number of carbonyl (C=O) groups is 3. The molecule has 8 heteroatoms. The van der Waals surface area contributed by atoms with E-state index in [-0.39, 0.29) is 6.42 Å². The lowest BCUT2D eigenvalue weighted by Crippen LogP contribution is -2.49. The zero-order valence-electron chi connectivity index (χ0n) is 11.0. The number of rotatable bonds is 3. The lowest BCUT2D eigenvalue weighted by atomic mass is 9.89. The van der Waals surface area contributed by atoms with Crippen molar-refractivity contribution in [3.8, 4) is 0 Å². The number of imide groups is 1. The van der Waals surface area contributed by atoms with Crippen molar-refractivity contribution in [3.63, 3.8) is 0 Å². The van der Waals surface area contributed by atoms with E-state index in [9.17, 15) is 18.6 Å². The van der Waals surface area contributed by atoms with Crippen LogP contribution in [-0.2, 0) is 20.4 Å². The van der Waals surface area contributed by atoms with Crippen LogP contribution in [-0.4, -0.2) is 56.7 Å². The molecule has 0 unspecified atom stereocenters. The number of hydrogen-bond donors (Lipinski definition) is 2. The second-order valence-corrected chi connectivity index (χ2v) is 6.75. The van der Waals surface area contributed by atoms with Crippen LogP contribution in [0.1, 0.15) is 20.3 Å². The number of aliphatic carboxylic acids is 1. The van der Waals surface area contributed by atoms with E-state index in [0.717, 1.165) is 0 Å². The zero-order valence-corrected chi connectivity index (χ0v) is 11.8. The molecule has 0 aromatic heterocycles. The molecule has 19 heavy (non-hydrogen) atoms. The van der Waals surface area contributed by atoms with Gasteiger partial charge in [0.25, 0.3) is 0 Å². The third-order valence-electron chi connectivity index (χ3n) is 2.89. The molecule has 0 aromatic carbocycles. The number of urea groups is 1. The van der Waals surface area contributed by atoms with Gasteiger partial charge in [0, 0.05) is 41.8 Å². The van der Waals surface area contributed by atoms with Crippen LogP contribution in [0.2, 0.25) is 0 Å². The lowest BCUT2D eigenvalue weighted by molar-refractivity contribution is -0.149. The van der Waals surface area contributed by atoms with Gasteiger partial charge < -0.3 is 10.0 Å². The Bertz CT molecular complexity index is 411. The maximum absolute atomic E-state index is 11.7. The molecule has 108 valence electrons. The topological polar surface area (TPSA) is 104 Å². The molecule has 0 radical (unpaired) electrons. The molecule has 1 rings (SSSR count). The van der Waals surface area contributed by atoms with Gasteiger partial charge in [0.1, 0.15) is 0 Å². The summed E-state index contributed by atoms with van der Waals surface area (Å²) in [5.41, 5.74) is -1.21. The van der Waals surface area contributed by atoms with Crippen LogP contribution in [0.5, 0.6) is 0 Å². The Morgan fingerprint density at radius 2 is 1.79 bits per heavy atom. The minimum atomic E-state index is -1.21. The van der Waals surface area contributed by atoms with Gasteiger partial charge in [0.05, 0.1) is 5.41 Å². The van der Waals surface area contributed by atoms with Crippen LogP contribution >= 0.6 is 0 Å². The van der Waals surface area contributed by atoms with Crippen LogP contribution in [0.25, 0.3) is 0 Å². The highest BCUT2D eigenvalue weighted by Gasteiger charge is 2.31. The van der Waals surface area contributed by atoms with E-state index in [1.54, 1.807) is 0 Å². The second kappa shape index (κ2) is 6.14. The van der Waals surface area contributed by atoms with E-state index < -0.39 is 34.1 Å². The number of carboxylic acids is 1. The van der Waals surface area contributed by atoms with E-state index in [4.69, 9.17) is 5.11 Å². The smallest absolute Gasteiger partial charge is 0.324 e. The standard InChI is InChI=1S/C11H18N2O5S/c1-11(2,9(15)16)7-8(14)12-10(17)13-3-5-19(18)6-4-13/h3-7H2,1-2H3,(H,15,16)(H,12,14,17). The predicted molar refractivity (Wildman–Crippen MR) is 69.0 cm³/mol. The molecule has 3 amide bonds. The first-order valence-corrected chi connectivity index (χ1v) is 7.38. The molecule has 1 heterocycles. The monoisotopic (exact) mass is 290 g/mol. The van der Waals surface area contributed by atoms with Crippen molar-refractivity contribution >= 4 is 28.7 Å². The molecule has 0 atom stereocenters. The summed E-state index contributed by atoms with van der Waals surface area (Å²) in [5, 5.41) is 11.1. The van der Waals surface area contributed by atoms with E-state index in [1.807, 2.05) is 0 Å². The molecule has 0 saturated carbocycles. The van der Waals surface area contributed by atoms with E-state index in [2.05, 4.69) is 5.32 Å². The Morgan fingerprint density at radius 3 is 2.26 bits per heavy atom. The average molecular weight is 290 g/mol. The molecule has 0 aliphatic carbocycles. The van der Waals surface area contributed by atoms with Crippen molar-refractivity contribution in [1.29, 1.82) is 0 Å². The number of nitrogens with zero attached hydrogens (tertiary/aromatic N) is 1. The summed E-state index contributed by atoms with van der Waals surface area (Å²) in [6.45, 7) is 3.52. The maximum Gasteiger partial charge on any atom is 0.324 e. The van der Waals surface area contributed by atoms with Crippen molar-refractivity contribution in [2.45, 2.75) is 20.3 Å². The molecule has 1 aliphatic rings. The Balaban J connectivity index is 2.46. The minimum Gasteiger partial charge on any atom is -0.481 e. The minimum absolute atomic E-state index is 0.270. The summed E-state index contributed by atoms with van der Waals surface area (Å²) in [6.07, 6.45) is -0.270. The Morgan fingerprint density at radius 1 is 1.26 bits per heavy atom. The molecule has 1 aliphatic heterocycles. The first kappa shape index (κ1) is 15.6. The predicted octanol–water partition coefficient (Wildman–Crippen LogP) is -0.212. The van der Waals surface area contributed by atoms with E-state index in [1.165, 1.54) is 18.7 Å². The van der Waals surface area contributed by atoms with Gasteiger partial charge in [-0.3, -0.25) is 19.1 Å². The Kier molecular flexibility index (Phi) is 5.04. The van der Waals surface area contributed by atoms with Gasteiger partial charge in [-0.25, -0.2) is 4.79 Å². The molecule has 0 aromatic rings. The Hall–Kier alpha value is -1.44. The number of nitrogens with one attached hydrogen (secondary N) is 1. The van der Waals surface area contributed by atoms with Crippen molar-refractivity contribution in [2.24, 2.45) is 5.41 Å². The SMILES string of the molecule is CC(C)(CC(=O)NC(=O)N1CCS(=O)CC1)C(=O)O. The van der Waals surface area contributed by atoms with Crippen molar-refractivity contribution < 1.29 is 23.7 Å². The highest BCUT2D eigenvalue weighted by molar-refractivity contribution is 7.85. The normalized spacial score (nSPS) is 17.1. The van der Waals surface area contributed by atoms with Crippen LogP contribution in [0.3, 0.4) is 0 Å². The van der Waals surface area contributed by atoms with Crippen LogP contribution < -0.4 is 5.32 Å². The number of amides is 3. The first-order chi connectivity index (χ1) is 8.72. The van der Waals surface area contributed by atoms with Crippen LogP contribution in [0, 0.1) is 5.41 Å². The fraction of sp³-hybridized carbons (Fsp3) is 0.727. The summed E-state index contributed by atoms with van der Waals surface area (Å²) in [7, 11) is -0.896. The summed E-state index contributed by atoms with van der Waals surface area (Å²) in [6, 6.07) is -0.553. The summed E-state index contributed by atoms with van der Waals surface area (Å²) in [5.74, 6) is -0.905. The maximum atomic E-state index is 11.7. The Labute approximate surface area is 113 Å². The summed E-state index contributed by atoms with van der Waals surface area (Å²) in [4.78, 5) is 35.6. The quantitative estimate of drug-likeness (QED) is 0.748. The summed E-state index contributed by atoms with van der Waals surface area (Å²) >= 11 is 0. The number of hydrogen-bond acceptors (Lipinski definition) is 4. The number of carboxylic acid groups (broad SMARTS) is 1. The first-order valence-electron chi connectivity index (χ1n) is 5.89. The van der Waals surface area contributed by atoms with Crippen molar-refractivity contribution in [2.75, 3.05) is 24.6 Å². The van der Waals surface area contributed by atoms with Gasteiger partial charge in [-0.1, -0.05) is 0 Å². The van der Waals surface area contributed by atoms with Gasteiger partial charge in [-0.05, 0) is 13.8 Å². The second-order valence-electron chi connectivity index (χ2n) is 5.05. The highest BCUT2D eigenvalue weighted by Crippen LogP contribution is 2.20. The largest absolute Gasteiger partial charge is 0.481 e. The molecule has 0 spiro atoms.